The van der Waals surface area contributed by atoms with Gasteiger partial charge in [-0.05, 0) is 49.4 Å². The largest absolute Gasteiger partial charge is 0.478 e. The van der Waals surface area contributed by atoms with E-state index in [4.69, 9.17) is 5.11 Å². The van der Waals surface area contributed by atoms with E-state index in [2.05, 4.69) is 4.72 Å². The zero-order valence-electron chi connectivity index (χ0n) is 12.2. The third kappa shape index (κ3) is 4.52. The molecule has 0 amide bonds. The molecule has 0 bridgehead atoms. The zero-order valence-corrected chi connectivity index (χ0v) is 13.0. The highest BCUT2D eigenvalue weighted by Crippen LogP contribution is 2.21. The van der Waals surface area contributed by atoms with Crippen LogP contribution in [0.3, 0.4) is 0 Å². The normalized spacial score (nSPS) is 11.7. The van der Waals surface area contributed by atoms with Gasteiger partial charge in [0.25, 0.3) is 0 Å². The summed E-state index contributed by atoms with van der Waals surface area (Å²) >= 11 is 0. The number of nitrogens with one attached hydrogen (secondary N) is 1. The summed E-state index contributed by atoms with van der Waals surface area (Å²) in [7, 11) is -3.44. The van der Waals surface area contributed by atoms with Gasteiger partial charge in [-0.25, -0.2) is 13.2 Å². The van der Waals surface area contributed by atoms with Crippen molar-refractivity contribution in [1.29, 1.82) is 0 Å². The average molecular weight is 299 g/mol. The van der Waals surface area contributed by atoms with Crippen LogP contribution in [0.25, 0.3) is 0 Å². The molecule has 0 aliphatic carbocycles. The van der Waals surface area contributed by atoms with E-state index in [1.54, 1.807) is 19.9 Å². The molecule has 112 valence electrons. The second-order valence-electron chi connectivity index (χ2n) is 5.37. The number of aryl methyl sites for hydroxylation is 1. The first kappa shape index (κ1) is 16.5. The number of sulfonamides is 1. The standard InChI is InChI=1S/C14H21NO4S/c1-9(2)5-6-20(18,19)15-12-7-10(3)11(4)13(8-12)14(16)17/h7-9,15H,5-6H2,1-4H3,(H,16,17). The summed E-state index contributed by atoms with van der Waals surface area (Å²) < 4.78 is 26.3. The van der Waals surface area contributed by atoms with Crippen LogP contribution in [0.1, 0.15) is 41.8 Å². The first-order valence-electron chi connectivity index (χ1n) is 6.47. The van der Waals surface area contributed by atoms with Gasteiger partial charge < -0.3 is 5.11 Å². The van der Waals surface area contributed by atoms with Crippen molar-refractivity contribution in [3.63, 3.8) is 0 Å². The fourth-order valence-corrected chi connectivity index (χ4v) is 3.12. The van der Waals surface area contributed by atoms with Gasteiger partial charge in [-0.2, -0.15) is 0 Å². The second kappa shape index (κ2) is 6.26. The molecule has 0 radical (unpaired) electrons. The molecule has 0 aliphatic rings. The lowest BCUT2D eigenvalue weighted by molar-refractivity contribution is 0.0696. The highest BCUT2D eigenvalue weighted by molar-refractivity contribution is 7.92. The van der Waals surface area contributed by atoms with Gasteiger partial charge >= 0.3 is 5.97 Å². The van der Waals surface area contributed by atoms with E-state index in [1.165, 1.54) is 6.07 Å². The number of carboxylic acids is 1. The highest BCUT2D eigenvalue weighted by atomic mass is 32.2. The van der Waals surface area contributed by atoms with Crippen molar-refractivity contribution in [3.8, 4) is 0 Å². The van der Waals surface area contributed by atoms with Crippen LogP contribution in [0.15, 0.2) is 12.1 Å². The molecular formula is C14H21NO4S. The summed E-state index contributed by atoms with van der Waals surface area (Å²) in [4.78, 5) is 11.1. The van der Waals surface area contributed by atoms with Gasteiger partial charge in [-0.1, -0.05) is 13.8 Å². The molecule has 20 heavy (non-hydrogen) atoms. The minimum atomic E-state index is -3.44. The van der Waals surface area contributed by atoms with Gasteiger partial charge in [-0.3, -0.25) is 4.72 Å². The van der Waals surface area contributed by atoms with E-state index in [0.29, 0.717) is 23.6 Å². The molecule has 0 unspecified atom stereocenters. The van der Waals surface area contributed by atoms with Crippen LogP contribution in [-0.2, 0) is 10.0 Å². The molecule has 0 saturated heterocycles. The van der Waals surface area contributed by atoms with E-state index in [9.17, 15) is 13.2 Å². The van der Waals surface area contributed by atoms with Crippen LogP contribution in [0, 0.1) is 19.8 Å². The first-order valence-corrected chi connectivity index (χ1v) is 8.12. The third-order valence-electron chi connectivity index (χ3n) is 3.14. The van der Waals surface area contributed by atoms with Gasteiger partial charge in [0.15, 0.2) is 0 Å². The number of carboxylic acid groups (broad SMARTS) is 1. The van der Waals surface area contributed by atoms with Crippen molar-refractivity contribution in [2.75, 3.05) is 10.5 Å². The fraction of sp³-hybridized carbons (Fsp3) is 0.500. The Kier molecular flexibility index (Phi) is 5.16. The van der Waals surface area contributed by atoms with E-state index in [0.717, 1.165) is 5.56 Å². The summed E-state index contributed by atoms with van der Waals surface area (Å²) in [6.07, 6.45) is 0.561. The van der Waals surface area contributed by atoms with Gasteiger partial charge in [0.05, 0.1) is 11.3 Å². The molecule has 0 fully saturated rings. The molecule has 0 atom stereocenters. The van der Waals surface area contributed by atoms with Crippen LogP contribution in [0.4, 0.5) is 5.69 Å². The summed E-state index contributed by atoms with van der Waals surface area (Å²) in [5.41, 5.74) is 1.80. The number of rotatable bonds is 6. The predicted octanol–water partition coefficient (Wildman–Crippen LogP) is 2.79. The molecule has 2 N–H and O–H groups in total. The van der Waals surface area contributed by atoms with E-state index in [-0.39, 0.29) is 11.3 Å². The Morgan fingerprint density at radius 2 is 1.90 bits per heavy atom. The summed E-state index contributed by atoms with van der Waals surface area (Å²) in [6.45, 7) is 7.37. The van der Waals surface area contributed by atoms with Crippen molar-refractivity contribution >= 4 is 21.7 Å². The Morgan fingerprint density at radius 1 is 1.30 bits per heavy atom. The van der Waals surface area contributed by atoms with Crippen molar-refractivity contribution in [3.05, 3.63) is 28.8 Å². The monoisotopic (exact) mass is 299 g/mol. The topological polar surface area (TPSA) is 83.5 Å². The molecule has 0 spiro atoms. The van der Waals surface area contributed by atoms with E-state index in [1.807, 2.05) is 13.8 Å². The minimum Gasteiger partial charge on any atom is -0.478 e. The summed E-state index contributed by atoms with van der Waals surface area (Å²) in [5.74, 6) is -0.741. The van der Waals surface area contributed by atoms with Crippen LogP contribution in [0.2, 0.25) is 0 Å². The van der Waals surface area contributed by atoms with E-state index < -0.39 is 16.0 Å². The lowest BCUT2D eigenvalue weighted by atomic mass is 10.0. The smallest absolute Gasteiger partial charge is 0.336 e. The Hall–Kier alpha value is -1.56. The predicted molar refractivity (Wildman–Crippen MR) is 79.7 cm³/mol. The quantitative estimate of drug-likeness (QED) is 0.846. The van der Waals surface area contributed by atoms with Crippen LogP contribution in [0.5, 0.6) is 0 Å². The minimum absolute atomic E-state index is 0.0278. The van der Waals surface area contributed by atoms with Crippen molar-refractivity contribution < 1.29 is 18.3 Å². The Bertz CT molecular complexity index is 606. The maximum Gasteiger partial charge on any atom is 0.336 e. The van der Waals surface area contributed by atoms with Gasteiger partial charge in [0.1, 0.15) is 0 Å². The summed E-state index contributed by atoms with van der Waals surface area (Å²) in [6, 6.07) is 3.01. The number of hydrogen-bond acceptors (Lipinski definition) is 3. The number of benzene rings is 1. The van der Waals surface area contributed by atoms with Gasteiger partial charge in [-0.15, -0.1) is 0 Å². The summed E-state index contributed by atoms with van der Waals surface area (Å²) in [5, 5.41) is 9.11. The van der Waals surface area contributed by atoms with Gasteiger partial charge in [0.2, 0.25) is 10.0 Å². The first-order chi connectivity index (χ1) is 9.12. The van der Waals surface area contributed by atoms with Crippen molar-refractivity contribution in [2.45, 2.75) is 34.1 Å². The number of hydrogen-bond donors (Lipinski definition) is 2. The molecule has 0 aliphatic heterocycles. The van der Waals surface area contributed by atoms with Crippen LogP contribution in [-0.4, -0.2) is 25.2 Å². The Morgan fingerprint density at radius 3 is 2.40 bits per heavy atom. The SMILES string of the molecule is Cc1cc(NS(=O)(=O)CCC(C)C)cc(C(=O)O)c1C. The fourth-order valence-electron chi connectivity index (χ4n) is 1.76. The number of aromatic carboxylic acids is 1. The third-order valence-corrected chi connectivity index (χ3v) is 4.45. The van der Waals surface area contributed by atoms with Crippen molar-refractivity contribution in [1.82, 2.24) is 0 Å². The molecule has 1 rings (SSSR count). The second-order valence-corrected chi connectivity index (χ2v) is 7.22. The maximum absolute atomic E-state index is 11.9. The highest BCUT2D eigenvalue weighted by Gasteiger charge is 2.15. The number of carbonyl (C=O) groups is 1. The Balaban J connectivity index is 3.01. The molecular weight excluding hydrogens is 278 g/mol. The molecule has 6 heteroatoms. The molecule has 5 nitrogen and oxygen atoms in total. The van der Waals surface area contributed by atoms with Crippen molar-refractivity contribution in [2.24, 2.45) is 5.92 Å². The maximum atomic E-state index is 11.9. The van der Waals surface area contributed by atoms with E-state index >= 15 is 0 Å². The molecule has 0 aromatic heterocycles. The number of anilines is 1. The lowest BCUT2D eigenvalue weighted by Crippen LogP contribution is -2.18. The van der Waals surface area contributed by atoms with Crippen LogP contribution < -0.4 is 4.72 Å². The molecule has 1 aromatic carbocycles. The van der Waals surface area contributed by atoms with Crippen LogP contribution >= 0.6 is 0 Å². The lowest BCUT2D eigenvalue weighted by Gasteiger charge is -2.12. The average Bonchev–Trinajstić information content (AvgIpc) is 2.30. The zero-order chi connectivity index (χ0) is 15.5. The Labute approximate surface area is 120 Å². The molecule has 0 heterocycles. The molecule has 0 saturated carbocycles. The van der Waals surface area contributed by atoms with Gasteiger partial charge in [0, 0.05) is 5.69 Å². The molecule has 1 aromatic rings.